The molecule has 0 radical (unpaired) electrons. The van der Waals surface area contributed by atoms with Gasteiger partial charge in [-0.05, 0) is 10.8 Å². The van der Waals surface area contributed by atoms with E-state index in [1.54, 1.807) is 0 Å². The summed E-state index contributed by atoms with van der Waals surface area (Å²) in [5, 5.41) is 12.3. The third-order valence-electron chi connectivity index (χ3n) is 2.21. The molecule has 0 saturated heterocycles. The molecule has 0 amide bonds. The predicted octanol–water partition coefficient (Wildman–Crippen LogP) is 2.73. The topological polar surface area (TPSA) is 43.1 Å². The summed E-state index contributed by atoms with van der Waals surface area (Å²) in [5.41, 5.74) is 0.585. The summed E-state index contributed by atoms with van der Waals surface area (Å²) in [6, 6.07) is 10.3. The summed E-state index contributed by atoms with van der Waals surface area (Å²) >= 11 is 0. The van der Waals surface area contributed by atoms with Crippen LogP contribution in [0.4, 0.5) is 5.69 Å². The fraction of sp³-hybridized carbons (Fsp3) is 0. The van der Waals surface area contributed by atoms with Crippen LogP contribution in [-0.2, 0) is 0 Å². The lowest BCUT2D eigenvalue weighted by Gasteiger charge is -2.00. The lowest BCUT2D eigenvalue weighted by Crippen LogP contribution is -1.89. The maximum Gasteiger partial charge on any atom is 0.271 e. The van der Waals surface area contributed by atoms with Crippen LogP contribution in [0, 0.1) is 22.5 Å². The number of rotatable bonds is 1. The first kappa shape index (κ1) is 9.22. The zero-order valence-electron chi connectivity index (χ0n) is 7.81. The Morgan fingerprint density at radius 1 is 1.27 bits per heavy atom. The number of hydrogen-bond donors (Lipinski definition) is 0. The molecule has 0 aliphatic rings. The molecule has 15 heavy (non-hydrogen) atoms. The maximum atomic E-state index is 10.6. The lowest BCUT2D eigenvalue weighted by atomic mass is 10.0. The zero-order chi connectivity index (χ0) is 10.8. The van der Waals surface area contributed by atoms with Crippen molar-refractivity contribution in [2.24, 2.45) is 0 Å². The van der Waals surface area contributed by atoms with Crippen molar-refractivity contribution in [2.45, 2.75) is 0 Å². The first-order chi connectivity index (χ1) is 7.22. The molecule has 0 heterocycles. The fourth-order valence-electron chi connectivity index (χ4n) is 1.52. The van der Waals surface area contributed by atoms with Crippen LogP contribution in [0.5, 0.6) is 0 Å². The molecule has 3 heteroatoms. The van der Waals surface area contributed by atoms with E-state index < -0.39 is 4.92 Å². The Morgan fingerprint density at radius 3 is 2.67 bits per heavy atom. The largest absolute Gasteiger partial charge is 0.271 e. The Kier molecular flexibility index (Phi) is 2.11. The number of terminal acetylenes is 1. The Hall–Kier alpha value is -2.34. The van der Waals surface area contributed by atoms with Crippen molar-refractivity contribution in [3.63, 3.8) is 0 Å². The molecule has 0 spiro atoms. The van der Waals surface area contributed by atoms with Gasteiger partial charge >= 0.3 is 0 Å². The van der Waals surface area contributed by atoms with Gasteiger partial charge in [0.25, 0.3) is 5.69 Å². The van der Waals surface area contributed by atoms with Crippen molar-refractivity contribution < 1.29 is 4.92 Å². The molecule has 3 nitrogen and oxygen atoms in total. The van der Waals surface area contributed by atoms with E-state index in [4.69, 9.17) is 6.42 Å². The number of nitro groups is 1. The van der Waals surface area contributed by atoms with Crippen LogP contribution in [0.3, 0.4) is 0 Å². The molecule has 0 aliphatic heterocycles. The molecule has 0 aliphatic carbocycles. The molecule has 0 fully saturated rings. The summed E-state index contributed by atoms with van der Waals surface area (Å²) in [6.07, 6.45) is 5.31. The van der Waals surface area contributed by atoms with E-state index >= 15 is 0 Å². The minimum Gasteiger partial charge on any atom is -0.258 e. The minimum atomic E-state index is -0.437. The summed E-state index contributed by atoms with van der Waals surface area (Å²) < 4.78 is 0. The highest BCUT2D eigenvalue weighted by atomic mass is 16.6. The van der Waals surface area contributed by atoms with Gasteiger partial charge in [0, 0.05) is 17.7 Å². The van der Waals surface area contributed by atoms with Crippen LogP contribution in [0.2, 0.25) is 0 Å². The second-order valence-corrected chi connectivity index (χ2v) is 3.12. The molecule has 0 bridgehead atoms. The quantitative estimate of drug-likeness (QED) is 0.400. The minimum absolute atomic E-state index is 0.0293. The van der Waals surface area contributed by atoms with Crippen molar-refractivity contribution in [3.8, 4) is 12.3 Å². The third kappa shape index (κ3) is 1.53. The highest BCUT2D eigenvalue weighted by Gasteiger charge is 2.09. The number of benzene rings is 2. The van der Waals surface area contributed by atoms with Gasteiger partial charge in [-0.25, -0.2) is 0 Å². The molecular formula is C12H7NO2. The van der Waals surface area contributed by atoms with Crippen LogP contribution in [0.25, 0.3) is 10.8 Å². The van der Waals surface area contributed by atoms with Gasteiger partial charge < -0.3 is 0 Å². The Balaban J connectivity index is 2.84. The van der Waals surface area contributed by atoms with Gasteiger partial charge in [-0.1, -0.05) is 30.2 Å². The van der Waals surface area contributed by atoms with E-state index in [1.807, 2.05) is 24.3 Å². The van der Waals surface area contributed by atoms with E-state index in [1.165, 1.54) is 12.1 Å². The predicted molar refractivity (Wildman–Crippen MR) is 58.5 cm³/mol. The molecule has 0 N–H and O–H groups in total. The van der Waals surface area contributed by atoms with Crippen molar-refractivity contribution in [3.05, 3.63) is 52.1 Å². The van der Waals surface area contributed by atoms with Gasteiger partial charge in [0.2, 0.25) is 0 Å². The summed E-state index contributed by atoms with van der Waals surface area (Å²) in [4.78, 5) is 10.2. The van der Waals surface area contributed by atoms with E-state index in [9.17, 15) is 10.1 Å². The second kappa shape index (κ2) is 3.43. The zero-order valence-corrected chi connectivity index (χ0v) is 7.81. The highest BCUT2D eigenvalue weighted by molar-refractivity contribution is 5.90. The maximum absolute atomic E-state index is 10.6. The molecule has 2 aromatic rings. The molecule has 0 unspecified atom stereocenters. The molecule has 0 atom stereocenters. The highest BCUT2D eigenvalue weighted by Crippen LogP contribution is 2.24. The third-order valence-corrected chi connectivity index (χ3v) is 2.21. The van der Waals surface area contributed by atoms with Gasteiger partial charge in [-0.15, -0.1) is 6.42 Å². The number of fused-ring (bicyclic) bond motifs is 1. The summed E-state index contributed by atoms with van der Waals surface area (Å²) in [6.45, 7) is 0. The van der Waals surface area contributed by atoms with Crippen LogP contribution in [0.1, 0.15) is 5.56 Å². The van der Waals surface area contributed by atoms with E-state index in [0.717, 1.165) is 10.8 Å². The van der Waals surface area contributed by atoms with Gasteiger partial charge in [0.05, 0.1) is 4.92 Å². The average Bonchev–Trinajstić information content (AvgIpc) is 2.27. The van der Waals surface area contributed by atoms with Gasteiger partial charge in [0.1, 0.15) is 0 Å². The Morgan fingerprint density at radius 2 is 2.00 bits per heavy atom. The Labute approximate surface area is 86.5 Å². The van der Waals surface area contributed by atoms with Crippen molar-refractivity contribution >= 4 is 16.5 Å². The average molecular weight is 197 g/mol. The van der Waals surface area contributed by atoms with E-state index in [2.05, 4.69) is 5.92 Å². The monoisotopic (exact) mass is 197 g/mol. The van der Waals surface area contributed by atoms with Gasteiger partial charge in [-0.3, -0.25) is 10.1 Å². The SMILES string of the molecule is C#Cc1cc([N+](=O)[O-])cc2ccccc12. The number of hydrogen-bond acceptors (Lipinski definition) is 2. The fourth-order valence-corrected chi connectivity index (χ4v) is 1.52. The van der Waals surface area contributed by atoms with Crippen molar-refractivity contribution in [2.75, 3.05) is 0 Å². The molecule has 2 aromatic carbocycles. The molecular weight excluding hydrogens is 190 g/mol. The molecule has 0 saturated carbocycles. The van der Waals surface area contributed by atoms with Crippen molar-refractivity contribution in [1.29, 1.82) is 0 Å². The summed E-state index contributed by atoms with van der Waals surface area (Å²) in [7, 11) is 0. The molecule has 72 valence electrons. The van der Waals surface area contributed by atoms with Crippen LogP contribution in [-0.4, -0.2) is 4.92 Å². The van der Waals surface area contributed by atoms with Crippen molar-refractivity contribution in [1.82, 2.24) is 0 Å². The Bertz CT molecular complexity index is 582. The van der Waals surface area contributed by atoms with E-state index in [-0.39, 0.29) is 5.69 Å². The summed E-state index contributed by atoms with van der Waals surface area (Å²) in [5.74, 6) is 2.46. The van der Waals surface area contributed by atoms with Crippen LogP contribution >= 0.6 is 0 Å². The van der Waals surface area contributed by atoms with Gasteiger partial charge in [-0.2, -0.15) is 0 Å². The standard InChI is InChI=1S/C12H7NO2/c1-2-9-7-11(13(14)15)8-10-5-3-4-6-12(9)10/h1,3-8H. The number of nitrogens with zero attached hydrogens (tertiary/aromatic N) is 1. The van der Waals surface area contributed by atoms with E-state index in [0.29, 0.717) is 5.56 Å². The second-order valence-electron chi connectivity index (χ2n) is 3.12. The molecule has 0 aromatic heterocycles. The smallest absolute Gasteiger partial charge is 0.258 e. The lowest BCUT2D eigenvalue weighted by molar-refractivity contribution is -0.384. The number of nitro benzene ring substituents is 1. The molecule has 2 rings (SSSR count). The first-order valence-electron chi connectivity index (χ1n) is 4.36. The number of non-ortho nitro benzene ring substituents is 1. The van der Waals surface area contributed by atoms with Gasteiger partial charge in [0.15, 0.2) is 0 Å². The van der Waals surface area contributed by atoms with Crippen LogP contribution in [0.15, 0.2) is 36.4 Å². The normalized spacial score (nSPS) is 9.80. The van der Waals surface area contributed by atoms with Crippen LogP contribution < -0.4 is 0 Å². The first-order valence-corrected chi connectivity index (χ1v) is 4.36.